The predicted molar refractivity (Wildman–Crippen MR) is 78.6 cm³/mol. The van der Waals surface area contributed by atoms with E-state index in [1.807, 2.05) is 0 Å². The van der Waals surface area contributed by atoms with Crippen molar-refractivity contribution in [3.63, 3.8) is 0 Å². The van der Waals surface area contributed by atoms with Crippen LogP contribution < -0.4 is 5.73 Å². The molecule has 0 aromatic heterocycles. The third-order valence-electron chi connectivity index (χ3n) is 5.43. The zero-order valence-electron chi connectivity index (χ0n) is 12.4. The van der Waals surface area contributed by atoms with E-state index in [1.54, 1.807) is 0 Å². The van der Waals surface area contributed by atoms with Gasteiger partial charge in [-0.25, -0.2) is 0 Å². The first-order valence-electron chi connectivity index (χ1n) is 8.23. The van der Waals surface area contributed by atoms with Crippen LogP contribution in [0.25, 0.3) is 0 Å². The second-order valence-corrected chi connectivity index (χ2v) is 6.54. The van der Waals surface area contributed by atoms with Gasteiger partial charge in [-0.3, -0.25) is 4.90 Å². The number of hydrogen-bond donors (Lipinski definition) is 1. The molecular weight excluding hydrogens is 220 g/mol. The van der Waals surface area contributed by atoms with Gasteiger partial charge in [0.05, 0.1) is 0 Å². The molecule has 0 amide bonds. The highest BCUT2D eigenvalue weighted by molar-refractivity contribution is 4.86. The number of hydrogen-bond acceptors (Lipinski definition) is 2. The minimum Gasteiger partial charge on any atom is -0.328 e. The van der Waals surface area contributed by atoms with Crippen molar-refractivity contribution in [2.45, 2.75) is 89.8 Å². The van der Waals surface area contributed by atoms with Crippen molar-refractivity contribution in [1.29, 1.82) is 0 Å². The van der Waals surface area contributed by atoms with Gasteiger partial charge < -0.3 is 5.73 Å². The molecule has 0 saturated heterocycles. The van der Waals surface area contributed by atoms with Crippen molar-refractivity contribution >= 4 is 0 Å². The SMILES string of the molecule is CCN(C1CCC(N)CC1)C(C)C1CCCCC1. The maximum absolute atomic E-state index is 6.04. The van der Waals surface area contributed by atoms with Crippen molar-refractivity contribution in [2.75, 3.05) is 6.54 Å². The lowest BCUT2D eigenvalue weighted by Gasteiger charge is -2.43. The number of nitrogens with zero attached hydrogens (tertiary/aromatic N) is 1. The van der Waals surface area contributed by atoms with Crippen molar-refractivity contribution in [3.05, 3.63) is 0 Å². The number of nitrogens with two attached hydrogens (primary N) is 1. The summed E-state index contributed by atoms with van der Waals surface area (Å²) in [6, 6.07) is 2.08. The van der Waals surface area contributed by atoms with Gasteiger partial charge in [0.15, 0.2) is 0 Å². The Morgan fingerprint density at radius 1 is 1.00 bits per heavy atom. The normalized spacial score (nSPS) is 32.7. The summed E-state index contributed by atoms with van der Waals surface area (Å²) in [5, 5.41) is 0. The highest BCUT2D eigenvalue weighted by Crippen LogP contribution is 2.32. The quantitative estimate of drug-likeness (QED) is 0.829. The van der Waals surface area contributed by atoms with Gasteiger partial charge in [0.2, 0.25) is 0 Å². The van der Waals surface area contributed by atoms with Crippen LogP contribution in [0.4, 0.5) is 0 Å². The molecule has 2 nitrogen and oxygen atoms in total. The molecule has 106 valence electrons. The van der Waals surface area contributed by atoms with Gasteiger partial charge in [-0.2, -0.15) is 0 Å². The van der Waals surface area contributed by atoms with Crippen molar-refractivity contribution in [1.82, 2.24) is 4.90 Å². The fraction of sp³-hybridized carbons (Fsp3) is 1.00. The van der Waals surface area contributed by atoms with Crippen LogP contribution >= 0.6 is 0 Å². The van der Waals surface area contributed by atoms with Gasteiger partial charge in [0.25, 0.3) is 0 Å². The summed E-state index contributed by atoms with van der Waals surface area (Å²) >= 11 is 0. The molecule has 2 rings (SSSR count). The fourth-order valence-corrected chi connectivity index (χ4v) is 4.20. The van der Waals surface area contributed by atoms with E-state index in [1.165, 1.54) is 64.3 Å². The maximum atomic E-state index is 6.04. The van der Waals surface area contributed by atoms with Gasteiger partial charge in [-0.15, -0.1) is 0 Å². The summed E-state index contributed by atoms with van der Waals surface area (Å²) in [5.41, 5.74) is 6.04. The standard InChI is InChI=1S/C16H32N2/c1-3-18(16-11-9-15(17)10-12-16)13(2)14-7-5-4-6-8-14/h13-16H,3-12,17H2,1-2H3. The molecule has 0 heterocycles. The van der Waals surface area contributed by atoms with Crippen molar-refractivity contribution in [2.24, 2.45) is 11.7 Å². The molecule has 1 atom stereocenters. The molecule has 1 unspecified atom stereocenters. The van der Waals surface area contributed by atoms with Crippen LogP contribution in [0.5, 0.6) is 0 Å². The average Bonchev–Trinajstić information content (AvgIpc) is 2.42. The zero-order chi connectivity index (χ0) is 13.0. The Morgan fingerprint density at radius 3 is 2.17 bits per heavy atom. The van der Waals surface area contributed by atoms with Crippen LogP contribution in [-0.2, 0) is 0 Å². The molecule has 2 saturated carbocycles. The molecule has 18 heavy (non-hydrogen) atoms. The Morgan fingerprint density at radius 2 is 1.61 bits per heavy atom. The van der Waals surface area contributed by atoms with E-state index in [9.17, 15) is 0 Å². The van der Waals surface area contributed by atoms with Crippen LogP contribution in [0.1, 0.15) is 71.6 Å². The van der Waals surface area contributed by atoms with Gasteiger partial charge >= 0.3 is 0 Å². The van der Waals surface area contributed by atoms with Gasteiger partial charge in [0.1, 0.15) is 0 Å². The Bertz CT molecular complexity index is 227. The summed E-state index contributed by atoms with van der Waals surface area (Å²) in [6.07, 6.45) is 12.4. The molecule has 0 aromatic rings. The molecule has 0 bridgehead atoms. The molecule has 2 fully saturated rings. The summed E-state index contributed by atoms with van der Waals surface area (Å²) in [6.45, 7) is 6.04. The van der Waals surface area contributed by atoms with E-state index in [0.717, 1.165) is 18.0 Å². The monoisotopic (exact) mass is 252 g/mol. The highest BCUT2D eigenvalue weighted by atomic mass is 15.2. The summed E-state index contributed by atoms with van der Waals surface area (Å²) < 4.78 is 0. The lowest BCUT2D eigenvalue weighted by atomic mass is 9.82. The first kappa shape index (κ1) is 14.3. The zero-order valence-corrected chi connectivity index (χ0v) is 12.4. The lowest BCUT2D eigenvalue weighted by Crippen LogP contribution is -2.48. The first-order valence-corrected chi connectivity index (χ1v) is 8.23. The van der Waals surface area contributed by atoms with Crippen LogP contribution in [-0.4, -0.2) is 29.6 Å². The molecule has 0 aromatic carbocycles. The Balaban J connectivity index is 1.90. The van der Waals surface area contributed by atoms with Crippen LogP contribution in [0.15, 0.2) is 0 Å². The molecule has 0 aliphatic heterocycles. The third-order valence-corrected chi connectivity index (χ3v) is 5.43. The topological polar surface area (TPSA) is 29.3 Å². The molecule has 0 radical (unpaired) electrons. The Kier molecular flexibility index (Phi) is 5.50. The molecule has 2 heteroatoms. The van der Waals surface area contributed by atoms with Crippen molar-refractivity contribution in [3.8, 4) is 0 Å². The largest absolute Gasteiger partial charge is 0.328 e. The van der Waals surface area contributed by atoms with E-state index in [0.29, 0.717) is 6.04 Å². The fourth-order valence-electron chi connectivity index (χ4n) is 4.20. The highest BCUT2D eigenvalue weighted by Gasteiger charge is 2.30. The molecule has 2 aliphatic rings. The minimum absolute atomic E-state index is 0.477. The minimum atomic E-state index is 0.477. The first-order chi connectivity index (χ1) is 8.72. The maximum Gasteiger partial charge on any atom is 0.00992 e. The smallest absolute Gasteiger partial charge is 0.00992 e. The van der Waals surface area contributed by atoms with E-state index in [2.05, 4.69) is 18.7 Å². The van der Waals surface area contributed by atoms with E-state index in [4.69, 9.17) is 5.73 Å². The molecule has 2 N–H and O–H groups in total. The molecule has 0 spiro atoms. The van der Waals surface area contributed by atoms with E-state index >= 15 is 0 Å². The second kappa shape index (κ2) is 6.91. The van der Waals surface area contributed by atoms with Gasteiger partial charge in [0, 0.05) is 18.1 Å². The van der Waals surface area contributed by atoms with Crippen LogP contribution in [0.2, 0.25) is 0 Å². The van der Waals surface area contributed by atoms with Gasteiger partial charge in [-0.1, -0.05) is 26.2 Å². The predicted octanol–water partition coefficient (Wildman–Crippen LogP) is 3.55. The van der Waals surface area contributed by atoms with E-state index < -0.39 is 0 Å². The Hall–Kier alpha value is -0.0800. The number of rotatable bonds is 4. The summed E-state index contributed by atoms with van der Waals surface area (Å²) in [7, 11) is 0. The van der Waals surface area contributed by atoms with Crippen molar-refractivity contribution < 1.29 is 0 Å². The Labute approximate surface area is 113 Å². The summed E-state index contributed by atoms with van der Waals surface area (Å²) in [4.78, 5) is 2.79. The molecular formula is C16H32N2. The van der Waals surface area contributed by atoms with Gasteiger partial charge in [-0.05, 0) is 57.9 Å². The molecule has 2 aliphatic carbocycles. The second-order valence-electron chi connectivity index (χ2n) is 6.54. The summed E-state index contributed by atoms with van der Waals surface area (Å²) in [5.74, 6) is 0.953. The average molecular weight is 252 g/mol. The lowest BCUT2D eigenvalue weighted by molar-refractivity contribution is 0.0685. The third kappa shape index (κ3) is 3.48. The van der Waals surface area contributed by atoms with E-state index in [-0.39, 0.29) is 0 Å². The van der Waals surface area contributed by atoms with Crippen LogP contribution in [0, 0.1) is 5.92 Å². The van der Waals surface area contributed by atoms with Crippen LogP contribution in [0.3, 0.4) is 0 Å².